The van der Waals surface area contributed by atoms with Crippen molar-refractivity contribution in [3.8, 4) is 0 Å². The summed E-state index contributed by atoms with van der Waals surface area (Å²) in [6, 6.07) is 8.03. The molecule has 2 aromatic carbocycles. The molecule has 27 heavy (non-hydrogen) atoms. The van der Waals surface area contributed by atoms with Gasteiger partial charge in [0.2, 0.25) is 0 Å². The molecule has 0 aliphatic rings. The Morgan fingerprint density at radius 3 is 2.00 bits per heavy atom. The second-order valence-corrected chi connectivity index (χ2v) is 6.96. The van der Waals surface area contributed by atoms with Crippen LogP contribution in [0.25, 0.3) is 0 Å². The minimum Gasteiger partial charge on any atom is -0.480 e. The van der Waals surface area contributed by atoms with Crippen LogP contribution in [-0.4, -0.2) is 31.9 Å². The lowest BCUT2D eigenvalue weighted by atomic mass is 10.2. The Morgan fingerprint density at radius 1 is 0.963 bits per heavy atom. The van der Waals surface area contributed by atoms with Crippen LogP contribution in [0.4, 0.5) is 18.9 Å². The zero-order chi connectivity index (χ0) is 20.2. The fraction of sp³-hybridized carbons (Fsp3) is 0.125. The van der Waals surface area contributed by atoms with Gasteiger partial charge in [-0.25, -0.2) is 8.42 Å². The molecule has 0 bridgehead atoms. The highest BCUT2D eigenvalue weighted by Crippen LogP contribution is 2.30. The average molecular weight is 402 g/mol. The van der Waals surface area contributed by atoms with E-state index in [0.29, 0.717) is 12.1 Å². The summed E-state index contributed by atoms with van der Waals surface area (Å²) >= 11 is 0. The third-order valence-electron chi connectivity index (χ3n) is 3.29. The van der Waals surface area contributed by atoms with Gasteiger partial charge < -0.3 is 10.4 Å². The molecule has 0 aromatic heterocycles. The lowest BCUT2D eigenvalue weighted by molar-refractivity contribution is -0.138. The predicted molar refractivity (Wildman–Crippen MR) is 88.7 cm³/mol. The standard InChI is InChI=1S/C16H13F3N2O5S/c17-16(18,19)11-3-7-13(8-4-11)27(25,26)21-12-5-1-10(2-6-12)15(24)20-9-14(22)23/h1-8,21H,9H2,(H,20,24)(H,22,23). The monoisotopic (exact) mass is 402 g/mol. The van der Waals surface area contributed by atoms with Crippen molar-refractivity contribution >= 4 is 27.6 Å². The second-order valence-electron chi connectivity index (χ2n) is 5.28. The first-order chi connectivity index (χ1) is 12.5. The number of nitrogens with one attached hydrogen (secondary N) is 2. The highest BCUT2D eigenvalue weighted by molar-refractivity contribution is 7.92. The normalized spacial score (nSPS) is 11.7. The molecule has 0 heterocycles. The van der Waals surface area contributed by atoms with E-state index >= 15 is 0 Å². The van der Waals surface area contributed by atoms with Crippen LogP contribution >= 0.6 is 0 Å². The van der Waals surface area contributed by atoms with E-state index in [1.54, 1.807) is 0 Å². The molecule has 3 N–H and O–H groups in total. The van der Waals surface area contributed by atoms with E-state index in [9.17, 15) is 31.2 Å². The lowest BCUT2D eigenvalue weighted by Gasteiger charge is -2.10. The quantitative estimate of drug-likeness (QED) is 0.687. The SMILES string of the molecule is O=C(O)CNC(=O)c1ccc(NS(=O)(=O)c2ccc(C(F)(F)F)cc2)cc1. The minimum atomic E-state index is -4.58. The third kappa shape index (κ3) is 5.45. The molecular formula is C16H13F3N2O5S. The van der Waals surface area contributed by atoms with E-state index in [4.69, 9.17) is 5.11 Å². The van der Waals surface area contributed by atoms with Gasteiger partial charge >= 0.3 is 12.1 Å². The van der Waals surface area contributed by atoms with Crippen molar-refractivity contribution in [2.75, 3.05) is 11.3 Å². The Kier molecular flexibility index (Phi) is 5.74. The Labute approximate surface area is 151 Å². The number of hydrogen-bond donors (Lipinski definition) is 3. The molecule has 0 aliphatic carbocycles. The fourth-order valence-corrected chi connectivity index (χ4v) is 3.04. The third-order valence-corrected chi connectivity index (χ3v) is 4.69. The average Bonchev–Trinajstić information content (AvgIpc) is 2.59. The van der Waals surface area contributed by atoms with Crippen molar-refractivity contribution < 1.29 is 36.3 Å². The molecule has 11 heteroatoms. The maximum absolute atomic E-state index is 12.5. The van der Waals surface area contributed by atoms with Gasteiger partial charge in [0.05, 0.1) is 10.5 Å². The van der Waals surface area contributed by atoms with Crippen molar-refractivity contribution in [3.63, 3.8) is 0 Å². The number of rotatable bonds is 6. The van der Waals surface area contributed by atoms with Gasteiger partial charge in [-0.05, 0) is 48.5 Å². The molecule has 0 aliphatic heterocycles. The summed E-state index contributed by atoms with van der Waals surface area (Å²) in [5.41, 5.74) is -0.795. The first-order valence-corrected chi connectivity index (χ1v) is 8.77. The summed E-state index contributed by atoms with van der Waals surface area (Å²) in [6.07, 6.45) is -4.58. The minimum absolute atomic E-state index is 0.0738. The fourth-order valence-electron chi connectivity index (χ4n) is 1.98. The zero-order valence-electron chi connectivity index (χ0n) is 13.4. The van der Waals surface area contributed by atoms with Crippen molar-refractivity contribution in [1.82, 2.24) is 5.32 Å². The van der Waals surface area contributed by atoms with Gasteiger partial charge in [0, 0.05) is 11.3 Å². The summed E-state index contributed by atoms with van der Waals surface area (Å²) in [5, 5.41) is 10.6. The summed E-state index contributed by atoms with van der Waals surface area (Å²) in [5.74, 6) is -1.88. The number of aliphatic carboxylic acids is 1. The molecule has 0 saturated carbocycles. The van der Waals surface area contributed by atoms with Crippen LogP contribution in [0, 0.1) is 0 Å². The van der Waals surface area contributed by atoms with E-state index in [-0.39, 0.29) is 16.1 Å². The molecule has 144 valence electrons. The molecule has 0 spiro atoms. The Hall–Kier alpha value is -3.08. The summed E-state index contributed by atoms with van der Waals surface area (Å²) in [4.78, 5) is 21.7. The number of carboxylic acid groups (broad SMARTS) is 1. The molecule has 2 rings (SSSR count). The van der Waals surface area contributed by atoms with Crippen molar-refractivity contribution in [2.45, 2.75) is 11.1 Å². The molecule has 0 saturated heterocycles. The number of hydrogen-bond acceptors (Lipinski definition) is 4. The molecule has 0 radical (unpaired) electrons. The van der Waals surface area contributed by atoms with Crippen molar-refractivity contribution in [2.24, 2.45) is 0 Å². The van der Waals surface area contributed by atoms with Crippen LogP contribution in [0.5, 0.6) is 0 Å². The smallest absolute Gasteiger partial charge is 0.416 e. The van der Waals surface area contributed by atoms with Gasteiger partial charge in [-0.1, -0.05) is 0 Å². The largest absolute Gasteiger partial charge is 0.480 e. The van der Waals surface area contributed by atoms with Crippen molar-refractivity contribution in [1.29, 1.82) is 0 Å². The van der Waals surface area contributed by atoms with E-state index in [2.05, 4.69) is 10.0 Å². The Morgan fingerprint density at radius 2 is 1.52 bits per heavy atom. The van der Waals surface area contributed by atoms with Gasteiger partial charge in [-0.2, -0.15) is 13.2 Å². The van der Waals surface area contributed by atoms with Gasteiger partial charge in [0.25, 0.3) is 15.9 Å². The number of alkyl halides is 3. The topological polar surface area (TPSA) is 113 Å². The Bertz CT molecular complexity index is 940. The Balaban J connectivity index is 2.11. The predicted octanol–water partition coefficient (Wildman–Crippen LogP) is 2.32. The highest BCUT2D eigenvalue weighted by Gasteiger charge is 2.30. The second kappa shape index (κ2) is 7.66. The molecular weight excluding hydrogens is 389 g/mol. The molecule has 0 atom stereocenters. The number of halogens is 3. The molecule has 0 unspecified atom stereocenters. The molecule has 1 amide bonds. The maximum atomic E-state index is 12.5. The summed E-state index contributed by atoms with van der Waals surface area (Å²) in [7, 11) is -4.13. The number of anilines is 1. The number of carbonyl (C=O) groups is 2. The number of carbonyl (C=O) groups excluding carboxylic acids is 1. The van der Waals surface area contributed by atoms with Gasteiger partial charge in [0.15, 0.2) is 0 Å². The molecule has 7 nitrogen and oxygen atoms in total. The molecule has 2 aromatic rings. The van der Waals surface area contributed by atoms with Crippen molar-refractivity contribution in [3.05, 3.63) is 59.7 Å². The number of benzene rings is 2. The summed E-state index contributed by atoms with van der Waals surface area (Å²) in [6.45, 7) is -0.568. The lowest BCUT2D eigenvalue weighted by Crippen LogP contribution is -2.29. The maximum Gasteiger partial charge on any atom is 0.416 e. The van der Waals surface area contributed by atoms with E-state index in [0.717, 1.165) is 12.1 Å². The number of carboxylic acids is 1. The van der Waals surface area contributed by atoms with Crippen LogP contribution < -0.4 is 10.0 Å². The van der Waals surface area contributed by atoms with Gasteiger partial charge in [-0.3, -0.25) is 14.3 Å². The van der Waals surface area contributed by atoms with Crippen LogP contribution in [0.3, 0.4) is 0 Å². The first kappa shape index (κ1) is 20.2. The van der Waals surface area contributed by atoms with E-state index < -0.39 is 40.2 Å². The zero-order valence-corrected chi connectivity index (χ0v) is 14.3. The van der Waals surface area contributed by atoms with E-state index in [1.165, 1.54) is 24.3 Å². The van der Waals surface area contributed by atoms with Gasteiger partial charge in [-0.15, -0.1) is 0 Å². The number of sulfonamides is 1. The van der Waals surface area contributed by atoms with Crippen LogP contribution in [0.1, 0.15) is 15.9 Å². The molecule has 0 fully saturated rings. The van der Waals surface area contributed by atoms with Gasteiger partial charge in [0.1, 0.15) is 6.54 Å². The van der Waals surface area contributed by atoms with E-state index in [1.807, 2.05) is 0 Å². The van der Waals surface area contributed by atoms with Crippen LogP contribution in [0.15, 0.2) is 53.4 Å². The first-order valence-electron chi connectivity index (χ1n) is 7.29. The number of amides is 1. The van der Waals surface area contributed by atoms with Crippen LogP contribution in [0.2, 0.25) is 0 Å². The highest BCUT2D eigenvalue weighted by atomic mass is 32.2. The van der Waals surface area contributed by atoms with Crippen LogP contribution in [-0.2, 0) is 21.0 Å². The summed E-state index contributed by atoms with van der Waals surface area (Å²) < 4.78 is 64.2.